The van der Waals surface area contributed by atoms with Crippen LogP contribution >= 0.6 is 11.8 Å². The van der Waals surface area contributed by atoms with Gasteiger partial charge in [-0.15, -0.1) is 0 Å². The summed E-state index contributed by atoms with van der Waals surface area (Å²) in [5, 5.41) is 3.07. The molecular weight excluding hydrogens is 326 g/mol. The maximum Gasteiger partial charge on any atom is 0.225 e. The molecule has 3 rings (SSSR count). The average molecular weight is 347 g/mol. The summed E-state index contributed by atoms with van der Waals surface area (Å²) in [5.41, 5.74) is 2.05. The molecule has 0 saturated carbocycles. The van der Waals surface area contributed by atoms with Crippen molar-refractivity contribution in [3.63, 3.8) is 0 Å². The Hall–Kier alpha value is -2.52. The molecule has 3 aromatic carbocycles. The molecule has 0 unspecified atom stereocenters. The molecule has 0 aliphatic carbocycles. The van der Waals surface area contributed by atoms with Crippen molar-refractivity contribution in [3.05, 3.63) is 90.5 Å². The molecule has 0 aliphatic rings. The molecule has 0 bridgehead atoms. The average Bonchev–Trinajstić information content (AvgIpc) is 2.65. The summed E-state index contributed by atoms with van der Waals surface area (Å²) in [5.74, 6) is 0.229. The van der Waals surface area contributed by atoms with E-state index < -0.39 is 0 Å². The van der Waals surface area contributed by atoms with Crippen LogP contribution in [-0.4, -0.2) is 5.91 Å². The van der Waals surface area contributed by atoms with Gasteiger partial charge in [0.05, 0.1) is 5.69 Å². The van der Waals surface area contributed by atoms with Gasteiger partial charge in [-0.2, -0.15) is 0 Å². The Balaban J connectivity index is 1.67. The predicted octanol–water partition coefficient (Wildman–Crippen LogP) is 5.97. The van der Waals surface area contributed by atoms with Crippen LogP contribution in [0.2, 0.25) is 0 Å². The number of para-hydroxylation sites is 1. The fourth-order valence-corrected chi connectivity index (χ4v) is 3.58. The van der Waals surface area contributed by atoms with Gasteiger partial charge in [0.1, 0.15) is 0 Å². The van der Waals surface area contributed by atoms with E-state index in [4.69, 9.17) is 0 Å². The first kappa shape index (κ1) is 17.3. The van der Waals surface area contributed by atoms with Crippen molar-refractivity contribution < 1.29 is 4.79 Å². The van der Waals surface area contributed by atoms with E-state index in [1.807, 2.05) is 60.7 Å². The normalized spacial score (nSPS) is 11.7. The summed E-state index contributed by atoms with van der Waals surface area (Å²) in [7, 11) is 0. The predicted molar refractivity (Wildman–Crippen MR) is 105 cm³/mol. The molecule has 0 heterocycles. The molecule has 0 aromatic heterocycles. The minimum absolute atomic E-state index is 0.0393. The molecule has 25 heavy (non-hydrogen) atoms. The van der Waals surface area contributed by atoms with Crippen LogP contribution in [0.1, 0.15) is 24.8 Å². The number of hydrogen-bond donors (Lipinski definition) is 1. The standard InChI is InChI=1S/C22H21NOS/c1-17(18-10-4-2-5-11-18)16-22(24)23-20-14-8-9-15-21(20)25-19-12-6-3-7-13-19/h2-15,17H,16H2,1H3,(H,23,24)/t17-/m1/s1. The second kappa shape index (κ2) is 8.54. The smallest absolute Gasteiger partial charge is 0.225 e. The highest BCUT2D eigenvalue weighted by atomic mass is 32.2. The van der Waals surface area contributed by atoms with Gasteiger partial charge >= 0.3 is 0 Å². The van der Waals surface area contributed by atoms with Crippen molar-refractivity contribution in [1.82, 2.24) is 0 Å². The van der Waals surface area contributed by atoms with E-state index in [2.05, 4.69) is 36.5 Å². The molecule has 3 aromatic rings. The first-order chi connectivity index (χ1) is 12.2. The molecule has 1 N–H and O–H groups in total. The number of anilines is 1. The first-order valence-corrected chi connectivity index (χ1v) is 9.21. The molecule has 0 fully saturated rings. The van der Waals surface area contributed by atoms with Crippen LogP contribution in [0.4, 0.5) is 5.69 Å². The fraction of sp³-hybridized carbons (Fsp3) is 0.136. The summed E-state index contributed by atoms with van der Waals surface area (Å²) in [6, 6.07) is 28.3. The van der Waals surface area contributed by atoms with Crippen LogP contribution < -0.4 is 5.32 Å². The monoisotopic (exact) mass is 347 g/mol. The van der Waals surface area contributed by atoms with E-state index in [1.165, 1.54) is 5.56 Å². The molecule has 3 heteroatoms. The molecular formula is C22H21NOS. The third kappa shape index (κ3) is 4.97. The Labute approximate surface area is 153 Å². The molecule has 1 amide bonds. The Morgan fingerprint density at radius 1 is 0.880 bits per heavy atom. The van der Waals surface area contributed by atoms with Crippen molar-refractivity contribution in [1.29, 1.82) is 0 Å². The number of amides is 1. The van der Waals surface area contributed by atoms with E-state index in [9.17, 15) is 4.79 Å². The summed E-state index contributed by atoms with van der Waals surface area (Å²) in [4.78, 5) is 14.7. The number of hydrogen-bond acceptors (Lipinski definition) is 2. The third-order valence-electron chi connectivity index (χ3n) is 3.99. The Morgan fingerprint density at radius 3 is 2.20 bits per heavy atom. The molecule has 126 valence electrons. The minimum Gasteiger partial charge on any atom is -0.325 e. The van der Waals surface area contributed by atoms with Gasteiger partial charge in [0, 0.05) is 16.2 Å². The van der Waals surface area contributed by atoms with Gasteiger partial charge in [0.15, 0.2) is 0 Å². The summed E-state index contributed by atoms with van der Waals surface area (Å²) in [6.45, 7) is 2.08. The van der Waals surface area contributed by atoms with Crippen molar-refractivity contribution in [3.8, 4) is 0 Å². The zero-order chi connectivity index (χ0) is 17.5. The highest BCUT2D eigenvalue weighted by molar-refractivity contribution is 7.99. The largest absolute Gasteiger partial charge is 0.325 e. The van der Waals surface area contributed by atoms with Gasteiger partial charge in [0.25, 0.3) is 0 Å². The molecule has 0 aliphatic heterocycles. The van der Waals surface area contributed by atoms with Crippen LogP contribution in [0.15, 0.2) is 94.7 Å². The molecule has 0 saturated heterocycles. The fourth-order valence-electron chi connectivity index (χ4n) is 2.65. The van der Waals surface area contributed by atoms with Crippen molar-refractivity contribution >= 4 is 23.4 Å². The van der Waals surface area contributed by atoms with Crippen molar-refractivity contribution in [2.75, 3.05) is 5.32 Å². The lowest BCUT2D eigenvalue weighted by Crippen LogP contribution is -2.14. The zero-order valence-corrected chi connectivity index (χ0v) is 15.0. The van der Waals surface area contributed by atoms with Crippen LogP contribution in [0.25, 0.3) is 0 Å². The lowest BCUT2D eigenvalue weighted by Gasteiger charge is -2.14. The number of benzene rings is 3. The highest BCUT2D eigenvalue weighted by Crippen LogP contribution is 2.33. The molecule has 2 nitrogen and oxygen atoms in total. The van der Waals surface area contributed by atoms with Gasteiger partial charge in [-0.05, 0) is 35.7 Å². The van der Waals surface area contributed by atoms with Crippen LogP contribution in [0.5, 0.6) is 0 Å². The first-order valence-electron chi connectivity index (χ1n) is 8.39. The number of rotatable bonds is 6. The summed E-state index contributed by atoms with van der Waals surface area (Å²) >= 11 is 1.66. The van der Waals surface area contributed by atoms with E-state index in [-0.39, 0.29) is 11.8 Å². The van der Waals surface area contributed by atoms with Crippen molar-refractivity contribution in [2.45, 2.75) is 29.1 Å². The van der Waals surface area contributed by atoms with Gasteiger partial charge in [-0.1, -0.05) is 79.3 Å². The maximum absolute atomic E-state index is 12.5. The van der Waals surface area contributed by atoms with E-state index in [1.54, 1.807) is 11.8 Å². The van der Waals surface area contributed by atoms with E-state index in [0.717, 1.165) is 15.5 Å². The lowest BCUT2D eigenvalue weighted by molar-refractivity contribution is -0.116. The van der Waals surface area contributed by atoms with Gasteiger partial charge in [0.2, 0.25) is 5.91 Å². The summed E-state index contributed by atoms with van der Waals surface area (Å²) < 4.78 is 0. The number of carbonyl (C=O) groups excluding carboxylic acids is 1. The minimum atomic E-state index is 0.0393. The lowest BCUT2D eigenvalue weighted by atomic mass is 9.97. The Morgan fingerprint density at radius 2 is 1.48 bits per heavy atom. The van der Waals surface area contributed by atoms with Crippen LogP contribution in [0.3, 0.4) is 0 Å². The van der Waals surface area contributed by atoms with E-state index >= 15 is 0 Å². The second-order valence-corrected chi connectivity index (χ2v) is 7.09. The Bertz CT molecular complexity index is 818. The van der Waals surface area contributed by atoms with Gasteiger partial charge in [-0.3, -0.25) is 4.79 Å². The molecule has 0 radical (unpaired) electrons. The van der Waals surface area contributed by atoms with Gasteiger partial charge < -0.3 is 5.32 Å². The second-order valence-electron chi connectivity index (χ2n) is 5.98. The van der Waals surface area contributed by atoms with Crippen molar-refractivity contribution in [2.24, 2.45) is 0 Å². The van der Waals surface area contributed by atoms with Crippen LogP contribution in [-0.2, 0) is 4.79 Å². The Kier molecular flexibility index (Phi) is 5.91. The number of carbonyl (C=O) groups is 1. The zero-order valence-electron chi connectivity index (χ0n) is 14.2. The van der Waals surface area contributed by atoms with Crippen LogP contribution in [0, 0.1) is 0 Å². The maximum atomic E-state index is 12.5. The molecule has 1 atom stereocenters. The van der Waals surface area contributed by atoms with E-state index in [0.29, 0.717) is 6.42 Å². The molecule has 0 spiro atoms. The quantitative estimate of drug-likeness (QED) is 0.595. The van der Waals surface area contributed by atoms with Gasteiger partial charge in [-0.25, -0.2) is 0 Å². The SMILES string of the molecule is C[C@H](CC(=O)Nc1ccccc1Sc1ccccc1)c1ccccc1. The third-order valence-corrected chi connectivity index (χ3v) is 5.08. The summed E-state index contributed by atoms with van der Waals surface area (Å²) in [6.07, 6.45) is 0.467. The topological polar surface area (TPSA) is 29.1 Å². The number of nitrogens with one attached hydrogen (secondary N) is 1. The highest BCUT2D eigenvalue weighted by Gasteiger charge is 2.13.